The number of H-pyrrole nitrogens is 1. The monoisotopic (exact) mass is 367 g/mol. The zero-order valence-electron chi connectivity index (χ0n) is 15.1. The van der Waals surface area contributed by atoms with E-state index in [0.717, 1.165) is 16.7 Å². The van der Waals surface area contributed by atoms with Crippen molar-refractivity contribution in [1.82, 2.24) is 15.1 Å². The maximum atomic E-state index is 13.3. The van der Waals surface area contributed by atoms with E-state index in [4.69, 9.17) is 9.47 Å². The van der Waals surface area contributed by atoms with Gasteiger partial charge in [-0.1, -0.05) is 0 Å². The molecule has 1 aliphatic rings. The van der Waals surface area contributed by atoms with E-state index >= 15 is 0 Å². The molecule has 1 amide bonds. The standard InChI is InChI=1S/C20H18FN3O3/c1-24-19(14-9-8-13(26-2)10-15(14)27-3)16-17(22-23-18(16)20(24)25)11-4-6-12(21)7-5-11/h4-10,19H,1-3H3,(H,22,23). The van der Waals surface area contributed by atoms with Crippen LogP contribution in [-0.4, -0.2) is 42.3 Å². The summed E-state index contributed by atoms with van der Waals surface area (Å²) < 4.78 is 24.1. The smallest absolute Gasteiger partial charge is 0.272 e. The fraction of sp³-hybridized carbons (Fsp3) is 0.200. The number of hydrogen-bond acceptors (Lipinski definition) is 4. The van der Waals surface area contributed by atoms with Crippen LogP contribution in [0.1, 0.15) is 27.7 Å². The molecular formula is C20H18FN3O3. The van der Waals surface area contributed by atoms with Crippen molar-refractivity contribution in [2.24, 2.45) is 0 Å². The first-order chi connectivity index (χ1) is 13.0. The molecule has 0 bridgehead atoms. The van der Waals surface area contributed by atoms with Crippen molar-refractivity contribution in [3.05, 3.63) is 65.1 Å². The highest BCUT2D eigenvalue weighted by atomic mass is 19.1. The van der Waals surface area contributed by atoms with Gasteiger partial charge < -0.3 is 14.4 Å². The van der Waals surface area contributed by atoms with Crippen LogP contribution in [0.25, 0.3) is 11.3 Å². The second-order valence-corrected chi connectivity index (χ2v) is 6.29. The summed E-state index contributed by atoms with van der Waals surface area (Å²) in [5.74, 6) is 0.785. The number of amides is 1. The van der Waals surface area contributed by atoms with Crippen LogP contribution >= 0.6 is 0 Å². The molecule has 1 unspecified atom stereocenters. The molecule has 3 aromatic rings. The number of halogens is 1. The van der Waals surface area contributed by atoms with Gasteiger partial charge in [-0.15, -0.1) is 0 Å². The highest BCUT2D eigenvalue weighted by Gasteiger charge is 2.41. The van der Waals surface area contributed by atoms with Crippen molar-refractivity contribution in [3.8, 4) is 22.8 Å². The van der Waals surface area contributed by atoms with Crippen LogP contribution in [0.3, 0.4) is 0 Å². The molecule has 27 heavy (non-hydrogen) atoms. The van der Waals surface area contributed by atoms with Gasteiger partial charge in [-0.05, 0) is 36.4 Å². The van der Waals surface area contributed by atoms with Crippen LogP contribution in [0, 0.1) is 5.82 Å². The van der Waals surface area contributed by atoms with Crippen molar-refractivity contribution in [2.75, 3.05) is 21.3 Å². The molecule has 2 aromatic carbocycles. The molecule has 7 heteroatoms. The topological polar surface area (TPSA) is 67.5 Å². The number of nitrogens with one attached hydrogen (secondary N) is 1. The summed E-state index contributed by atoms with van der Waals surface area (Å²) in [5.41, 5.74) is 3.34. The normalized spacial score (nSPS) is 15.8. The minimum Gasteiger partial charge on any atom is -0.497 e. The van der Waals surface area contributed by atoms with Crippen molar-refractivity contribution in [2.45, 2.75) is 6.04 Å². The van der Waals surface area contributed by atoms with Gasteiger partial charge in [0.2, 0.25) is 0 Å². The van der Waals surface area contributed by atoms with Gasteiger partial charge in [0.1, 0.15) is 23.0 Å². The van der Waals surface area contributed by atoms with Gasteiger partial charge in [-0.3, -0.25) is 9.89 Å². The van der Waals surface area contributed by atoms with Crippen LogP contribution < -0.4 is 9.47 Å². The Bertz CT molecular complexity index is 1010. The SMILES string of the molecule is COc1ccc(C2c3c(-c4ccc(F)cc4)n[nH]c3C(=O)N2C)c(OC)c1. The lowest BCUT2D eigenvalue weighted by Crippen LogP contribution is -2.25. The lowest BCUT2D eigenvalue weighted by atomic mass is 9.95. The quantitative estimate of drug-likeness (QED) is 0.767. The van der Waals surface area contributed by atoms with E-state index in [9.17, 15) is 9.18 Å². The second-order valence-electron chi connectivity index (χ2n) is 6.29. The summed E-state index contributed by atoms with van der Waals surface area (Å²) in [6.07, 6.45) is 0. The first-order valence-electron chi connectivity index (χ1n) is 8.38. The van der Waals surface area contributed by atoms with Crippen LogP contribution in [0.2, 0.25) is 0 Å². The van der Waals surface area contributed by atoms with E-state index in [1.165, 1.54) is 12.1 Å². The van der Waals surface area contributed by atoms with E-state index in [2.05, 4.69) is 10.2 Å². The third kappa shape index (κ3) is 2.63. The van der Waals surface area contributed by atoms with Gasteiger partial charge in [-0.25, -0.2) is 4.39 Å². The Balaban J connectivity index is 1.89. The lowest BCUT2D eigenvalue weighted by Gasteiger charge is -2.24. The molecule has 0 aliphatic carbocycles. The number of carbonyl (C=O) groups is 1. The minimum atomic E-state index is -0.382. The number of aromatic nitrogens is 2. The molecule has 0 radical (unpaired) electrons. The zero-order valence-corrected chi connectivity index (χ0v) is 15.1. The average Bonchev–Trinajstić information content (AvgIpc) is 3.22. The van der Waals surface area contributed by atoms with Gasteiger partial charge >= 0.3 is 0 Å². The highest BCUT2D eigenvalue weighted by Crippen LogP contribution is 2.45. The Morgan fingerprint density at radius 3 is 2.52 bits per heavy atom. The van der Waals surface area contributed by atoms with Crippen LogP contribution in [0.15, 0.2) is 42.5 Å². The number of benzene rings is 2. The predicted octanol–water partition coefficient (Wildman–Crippen LogP) is 3.41. The Morgan fingerprint density at radius 2 is 1.85 bits per heavy atom. The lowest BCUT2D eigenvalue weighted by molar-refractivity contribution is 0.0787. The number of aromatic amines is 1. The molecule has 0 spiro atoms. The molecule has 1 atom stereocenters. The number of hydrogen-bond donors (Lipinski definition) is 1. The van der Waals surface area contributed by atoms with Gasteiger partial charge in [0.15, 0.2) is 0 Å². The fourth-order valence-corrected chi connectivity index (χ4v) is 3.50. The average molecular weight is 367 g/mol. The Hall–Kier alpha value is -3.35. The number of fused-ring (bicyclic) bond motifs is 1. The molecule has 0 saturated carbocycles. The van der Waals surface area contributed by atoms with Crippen LogP contribution in [-0.2, 0) is 0 Å². The predicted molar refractivity (Wildman–Crippen MR) is 97.5 cm³/mol. The van der Waals surface area contributed by atoms with Gasteiger partial charge in [0, 0.05) is 29.8 Å². The number of methoxy groups -OCH3 is 2. The van der Waals surface area contributed by atoms with Crippen LogP contribution in [0.4, 0.5) is 4.39 Å². The summed E-state index contributed by atoms with van der Waals surface area (Å²) in [5, 5.41) is 7.17. The first kappa shape index (κ1) is 17.1. The Labute approximate surface area is 155 Å². The van der Waals surface area contributed by atoms with Crippen molar-refractivity contribution < 1.29 is 18.7 Å². The molecule has 1 aromatic heterocycles. The van der Waals surface area contributed by atoms with Gasteiger partial charge in [0.05, 0.1) is 26.0 Å². The summed E-state index contributed by atoms with van der Waals surface area (Å²) in [7, 11) is 4.89. The van der Waals surface area contributed by atoms with Gasteiger partial charge in [-0.2, -0.15) is 5.10 Å². The summed E-state index contributed by atoms with van der Waals surface area (Å²) in [6.45, 7) is 0. The van der Waals surface area contributed by atoms with Crippen LogP contribution in [0.5, 0.6) is 11.5 Å². The molecular weight excluding hydrogens is 349 g/mol. The van der Waals surface area contributed by atoms with E-state index < -0.39 is 0 Å². The third-order valence-electron chi connectivity index (χ3n) is 4.85. The van der Waals surface area contributed by atoms with E-state index in [0.29, 0.717) is 22.9 Å². The number of nitrogens with zero attached hydrogens (tertiary/aromatic N) is 2. The van der Waals surface area contributed by atoms with Crippen molar-refractivity contribution in [1.29, 1.82) is 0 Å². The summed E-state index contributed by atoms with van der Waals surface area (Å²) >= 11 is 0. The zero-order chi connectivity index (χ0) is 19.1. The second kappa shape index (κ2) is 6.42. The maximum absolute atomic E-state index is 13.3. The molecule has 0 fully saturated rings. The minimum absolute atomic E-state index is 0.159. The molecule has 1 aliphatic heterocycles. The summed E-state index contributed by atoms with van der Waals surface area (Å²) in [4.78, 5) is 14.4. The summed E-state index contributed by atoms with van der Waals surface area (Å²) in [6, 6.07) is 11.2. The Kier molecular flexibility index (Phi) is 4.07. The maximum Gasteiger partial charge on any atom is 0.272 e. The van der Waals surface area contributed by atoms with E-state index in [1.807, 2.05) is 12.1 Å². The molecule has 1 N–H and O–H groups in total. The molecule has 0 saturated heterocycles. The third-order valence-corrected chi connectivity index (χ3v) is 4.85. The fourth-order valence-electron chi connectivity index (χ4n) is 3.50. The van der Waals surface area contributed by atoms with Crippen molar-refractivity contribution in [3.63, 3.8) is 0 Å². The van der Waals surface area contributed by atoms with Crippen molar-refractivity contribution >= 4 is 5.91 Å². The number of ether oxygens (including phenoxy) is 2. The number of rotatable bonds is 4. The largest absolute Gasteiger partial charge is 0.497 e. The Morgan fingerprint density at radius 1 is 1.11 bits per heavy atom. The molecule has 138 valence electrons. The van der Waals surface area contributed by atoms with E-state index in [-0.39, 0.29) is 17.8 Å². The molecule has 2 heterocycles. The first-order valence-corrected chi connectivity index (χ1v) is 8.38. The van der Waals surface area contributed by atoms with E-state index in [1.54, 1.807) is 44.4 Å². The molecule has 6 nitrogen and oxygen atoms in total. The number of carbonyl (C=O) groups excluding carboxylic acids is 1. The highest BCUT2D eigenvalue weighted by molar-refractivity contribution is 6.00. The molecule has 4 rings (SSSR count). The van der Waals surface area contributed by atoms with Gasteiger partial charge in [0.25, 0.3) is 5.91 Å².